The Labute approximate surface area is 223 Å². The highest BCUT2D eigenvalue weighted by Crippen LogP contribution is 2.26. The minimum atomic E-state index is -1.09. The van der Waals surface area contributed by atoms with Crippen LogP contribution in [0.4, 0.5) is 10.5 Å². The van der Waals surface area contributed by atoms with Gasteiger partial charge in [0.05, 0.1) is 6.07 Å². The number of hydrogen-bond acceptors (Lipinski definition) is 6. The normalized spacial score (nSPS) is 12.6. The topological polar surface area (TPSA) is 112 Å². The van der Waals surface area contributed by atoms with Crippen LogP contribution in [0.15, 0.2) is 48.5 Å². The number of carbonyl (C=O) groups excluding carboxylic acids is 3. The molecule has 9 heteroatoms. The summed E-state index contributed by atoms with van der Waals surface area (Å²) in [7, 11) is 0. The molecule has 0 radical (unpaired) electrons. The fourth-order valence-electron chi connectivity index (χ4n) is 3.74. The summed E-state index contributed by atoms with van der Waals surface area (Å²) >= 11 is 1.52. The Morgan fingerprint density at radius 1 is 1.11 bits per heavy atom. The van der Waals surface area contributed by atoms with Gasteiger partial charge in [-0.2, -0.15) is 17.0 Å². The molecule has 2 aromatic carbocycles. The number of anilines is 1. The first-order chi connectivity index (χ1) is 17.5. The Balaban J connectivity index is 2.49. The second-order valence-corrected chi connectivity index (χ2v) is 10.7. The fraction of sp³-hybridized carbons (Fsp3) is 0.429. The van der Waals surface area contributed by atoms with Gasteiger partial charge in [-0.05, 0) is 70.2 Å². The van der Waals surface area contributed by atoms with Crippen molar-refractivity contribution >= 4 is 35.4 Å². The van der Waals surface area contributed by atoms with Crippen LogP contribution in [0.5, 0.6) is 0 Å². The van der Waals surface area contributed by atoms with E-state index in [1.807, 2.05) is 56.5 Å². The molecule has 0 aliphatic heterocycles. The number of thioether (sulfide) groups is 1. The van der Waals surface area contributed by atoms with E-state index in [4.69, 9.17) is 4.74 Å². The second kappa shape index (κ2) is 13.7. The van der Waals surface area contributed by atoms with Gasteiger partial charge >= 0.3 is 6.09 Å². The van der Waals surface area contributed by atoms with Gasteiger partial charge in [0.25, 0.3) is 5.91 Å². The molecule has 0 aromatic heterocycles. The summed E-state index contributed by atoms with van der Waals surface area (Å²) < 4.78 is 5.37. The van der Waals surface area contributed by atoms with Crippen molar-refractivity contribution in [2.45, 2.75) is 58.7 Å². The molecule has 198 valence electrons. The van der Waals surface area contributed by atoms with E-state index in [2.05, 4.69) is 10.6 Å². The van der Waals surface area contributed by atoms with Crippen molar-refractivity contribution in [3.8, 4) is 6.07 Å². The van der Waals surface area contributed by atoms with Crippen molar-refractivity contribution in [1.29, 1.82) is 5.26 Å². The largest absolute Gasteiger partial charge is 0.444 e. The van der Waals surface area contributed by atoms with Crippen LogP contribution in [0.2, 0.25) is 0 Å². The quantitative estimate of drug-likeness (QED) is 0.424. The van der Waals surface area contributed by atoms with Gasteiger partial charge in [-0.25, -0.2) is 4.79 Å². The molecule has 2 unspecified atom stereocenters. The summed E-state index contributed by atoms with van der Waals surface area (Å²) in [5.74, 6) is -0.408. The molecule has 0 aliphatic rings. The number of hydrogen-bond donors (Lipinski definition) is 2. The molecule has 2 aromatic rings. The average molecular weight is 525 g/mol. The van der Waals surface area contributed by atoms with E-state index < -0.39 is 35.6 Å². The SMILES string of the molecule is CSCCC(NC(=O)OC(C)(C)C)C(=O)N(CC#N)C(C(=O)Nc1ccccc1C)c1cccc(C)c1. The molecule has 2 atom stereocenters. The molecule has 0 spiro atoms. The van der Waals surface area contributed by atoms with E-state index in [1.165, 1.54) is 16.7 Å². The molecule has 0 heterocycles. The Morgan fingerprint density at radius 3 is 2.41 bits per heavy atom. The van der Waals surface area contributed by atoms with Crippen molar-refractivity contribution in [3.05, 3.63) is 65.2 Å². The van der Waals surface area contributed by atoms with Gasteiger partial charge in [-0.3, -0.25) is 9.59 Å². The third-order valence-electron chi connectivity index (χ3n) is 5.44. The van der Waals surface area contributed by atoms with Crippen LogP contribution in [-0.4, -0.2) is 53.0 Å². The monoisotopic (exact) mass is 524 g/mol. The predicted octanol–water partition coefficient (Wildman–Crippen LogP) is 4.98. The van der Waals surface area contributed by atoms with Gasteiger partial charge in [0.1, 0.15) is 24.2 Å². The minimum absolute atomic E-state index is 0.307. The van der Waals surface area contributed by atoms with Crippen molar-refractivity contribution in [1.82, 2.24) is 10.2 Å². The molecule has 0 bridgehead atoms. The molecule has 2 rings (SSSR count). The molecular weight excluding hydrogens is 488 g/mol. The second-order valence-electron chi connectivity index (χ2n) is 9.73. The van der Waals surface area contributed by atoms with Crippen molar-refractivity contribution in [2.75, 3.05) is 23.9 Å². The lowest BCUT2D eigenvalue weighted by Gasteiger charge is -2.33. The van der Waals surface area contributed by atoms with Gasteiger partial charge < -0.3 is 20.3 Å². The molecule has 0 aliphatic carbocycles. The number of aryl methyl sites for hydroxylation is 2. The summed E-state index contributed by atoms with van der Waals surface area (Å²) in [5, 5.41) is 15.2. The Hall–Kier alpha value is -3.51. The van der Waals surface area contributed by atoms with Gasteiger partial charge in [-0.15, -0.1) is 0 Å². The van der Waals surface area contributed by atoms with E-state index in [-0.39, 0.29) is 6.54 Å². The summed E-state index contributed by atoms with van der Waals surface area (Å²) in [5.41, 5.74) is 2.19. The smallest absolute Gasteiger partial charge is 0.408 e. The van der Waals surface area contributed by atoms with Crippen molar-refractivity contribution in [2.24, 2.45) is 0 Å². The standard InChI is InChI=1S/C28H36N4O4S/c1-19-10-9-12-21(18-19)24(25(33)30-22-13-8-7-11-20(22)2)32(16-15-29)26(34)23(14-17-37-6)31-27(35)36-28(3,4)5/h7-13,18,23-24H,14,16-17H2,1-6H3,(H,30,33)(H,31,35). The third kappa shape index (κ3) is 9.14. The van der Waals surface area contributed by atoms with E-state index in [0.29, 0.717) is 23.4 Å². The molecule has 37 heavy (non-hydrogen) atoms. The van der Waals surface area contributed by atoms with Crippen LogP contribution in [-0.2, 0) is 14.3 Å². The van der Waals surface area contributed by atoms with Crippen molar-refractivity contribution < 1.29 is 19.1 Å². The van der Waals surface area contributed by atoms with E-state index in [0.717, 1.165) is 11.1 Å². The Kier molecular flexibility index (Phi) is 11.0. The van der Waals surface area contributed by atoms with Crippen LogP contribution in [0, 0.1) is 25.2 Å². The number of alkyl carbamates (subject to hydrolysis) is 1. The van der Waals surface area contributed by atoms with Crippen LogP contribution < -0.4 is 10.6 Å². The molecule has 8 nitrogen and oxygen atoms in total. The average Bonchev–Trinajstić information content (AvgIpc) is 2.81. The van der Waals surface area contributed by atoms with Crippen LogP contribution in [0.25, 0.3) is 0 Å². The first-order valence-electron chi connectivity index (χ1n) is 12.1. The third-order valence-corrected chi connectivity index (χ3v) is 6.09. The number of ether oxygens (including phenoxy) is 1. The Bertz CT molecular complexity index is 1140. The summed E-state index contributed by atoms with van der Waals surface area (Å²) in [4.78, 5) is 41.4. The summed E-state index contributed by atoms with van der Waals surface area (Å²) in [6.45, 7) is 8.62. The van der Waals surface area contributed by atoms with Crippen LogP contribution in [0.1, 0.15) is 49.9 Å². The molecule has 0 saturated heterocycles. The maximum Gasteiger partial charge on any atom is 0.408 e. The number of nitrogens with one attached hydrogen (secondary N) is 2. The minimum Gasteiger partial charge on any atom is -0.444 e. The maximum absolute atomic E-state index is 13.9. The lowest BCUT2D eigenvalue weighted by Crippen LogP contribution is -2.52. The van der Waals surface area contributed by atoms with Crippen molar-refractivity contribution in [3.63, 3.8) is 0 Å². The van der Waals surface area contributed by atoms with Gasteiger partial charge in [-0.1, -0.05) is 48.0 Å². The molecule has 2 N–H and O–H groups in total. The number of nitriles is 1. The molecule has 0 saturated carbocycles. The molecule has 0 fully saturated rings. The number of benzene rings is 2. The zero-order valence-corrected chi connectivity index (χ0v) is 23.1. The van der Waals surface area contributed by atoms with E-state index in [1.54, 1.807) is 39.0 Å². The van der Waals surface area contributed by atoms with Gasteiger partial charge in [0.2, 0.25) is 5.91 Å². The number of amides is 3. The lowest BCUT2D eigenvalue weighted by molar-refractivity contribution is -0.140. The number of nitrogens with zero attached hydrogens (tertiary/aromatic N) is 2. The van der Waals surface area contributed by atoms with Crippen LogP contribution >= 0.6 is 11.8 Å². The van der Waals surface area contributed by atoms with E-state index in [9.17, 15) is 19.6 Å². The number of rotatable bonds is 10. The maximum atomic E-state index is 13.9. The first-order valence-corrected chi connectivity index (χ1v) is 13.4. The first kappa shape index (κ1) is 29.7. The van der Waals surface area contributed by atoms with E-state index >= 15 is 0 Å². The van der Waals surface area contributed by atoms with Gasteiger partial charge in [0, 0.05) is 5.69 Å². The highest BCUT2D eigenvalue weighted by molar-refractivity contribution is 7.98. The molecular formula is C28H36N4O4S. The Morgan fingerprint density at radius 2 is 1.81 bits per heavy atom. The highest BCUT2D eigenvalue weighted by Gasteiger charge is 2.36. The number of carbonyl (C=O) groups is 3. The fourth-order valence-corrected chi connectivity index (χ4v) is 4.21. The summed E-state index contributed by atoms with van der Waals surface area (Å²) in [6.07, 6.45) is 1.47. The predicted molar refractivity (Wildman–Crippen MR) is 147 cm³/mol. The molecule has 3 amide bonds. The number of para-hydroxylation sites is 1. The summed E-state index contributed by atoms with van der Waals surface area (Å²) in [6, 6.07) is 14.6. The lowest BCUT2D eigenvalue weighted by atomic mass is 10.00. The highest BCUT2D eigenvalue weighted by atomic mass is 32.2. The zero-order chi connectivity index (χ0) is 27.6. The van der Waals surface area contributed by atoms with Gasteiger partial charge in [0.15, 0.2) is 0 Å². The van der Waals surface area contributed by atoms with Crippen LogP contribution in [0.3, 0.4) is 0 Å². The zero-order valence-electron chi connectivity index (χ0n) is 22.3.